The SMILES string of the molecule is O=S(=O)(O)CCC(F)(F)C(F)(F)C(F)(F)C(F)(F)C(F)(F)C(F)(F)F.O=S(=O)(O)CCC(F)(F)C(F)(F)C(F)(F)C(F)(F)C(F)(F)C(F)(F)F.OCCCCO. The number of hydrogen-bond acceptors (Lipinski definition) is 6. The lowest BCUT2D eigenvalue weighted by Crippen LogP contribution is -2.70. The zero-order valence-corrected chi connectivity index (χ0v) is 27.4. The molecule has 0 fully saturated rings. The molecule has 0 bridgehead atoms. The van der Waals surface area contributed by atoms with Crippen LogP contribution in [0.4, 0.5) is 114 Å². The van der Waals surface area contributed by atoms with E-state index in [0.29, 0.717) is 0 Å². The normalized spacial score (nSPS) is 15.5. The molecule has 4 N–H and O–H groups in total. The molecule has 0 saturated carbocycles. The van der Waals surface area contributed by atoms with Gasteiger partial charge in [0.2, 0.25) is 0 Å². The highest BCUT2D eigenvalue weighted by Crippen LogP contribution is 2.62. The summed E-state index contributed by atoms with van der Waals surface area (Å²) in [6.07, 6.45) is -19.6. The van der Waals surface area contributed by atoms with Crippen molar-refractivity contribution < 1.29 is 150 Å². The van der Waals surface area contributed by atoms with E-state index in [1.165, 1.54) is 0 Å². The van der Waals surface area contributed by atoms with E-state index in [1.54, 1.807) is 0 Å². The number of aliphatic hydroxyl groups excluding tert-OH is 2. The molecule has 36 heteroatoms. The fourth-order valence-electron chi connectivity index (χ4n) is 2.66. The second-order valence-corrected chi connectivity index (χ2v) is 13.4. The van der Waals surface area contributed by atoms with Crippen LogP contribution in [0.1, 0.15) is 25.7 Å². The minimum absolute atomic E-state index is 0.195. The van der Waals surface area contributed by atoms with E-state index in [0.717, 1.165) is 12.8 Å². The van der Waals surface area contributed by atoms with Gasteiger partial charge in [0.25, 0.3) is 20.2 Å². The van der Waals surface area contributed by atoms with Gasteiger partial charge >= 0.3 is 71.6 Å². The lowest BCUT2D eigenvalue weighted by molar-refractivity contribution is -0.439. The van der Waals surface area contributed by atoms with Crippen molar-refractivity contribution in [1.82, 2.24) is 0 Å². The molecule has 0 aliphatic carbocycles. The van der Waals surface area contributed by atoms with Crippen LogP contribution in [-0.4, -0.2) is 132 Å². The highest BCUT2D eigenvalue weighted by molar-refractivity contribution is 7.86. The number of halogens is 26. The van der Waals surface area contributed by atoms with Crippen molar-refractivity contribution in [3.05, 3.63) is 0 Å². The molecule has 0 amide bonds. The molecular weight excluding hydrogens is 926 g/mol. The molecule has 0 atom stereocenters. The van der Waals surface area contributed by atoms with Crippen LogP contribution in [-0.2, 0) is 20.2 Å². The Balaban J connectivity index is -0.000000874. The first-order valence-electron chi connectivity index (χ1n) is 12.9. The summed E-state index contributed by atoms with van der Waals surface area (Å²) in [4.78, 5) is 0. The Hall–Kier alpha value is -2.08. The molecule has 0 aromatic carbocycles. The Bertz CT molecular complexity index is 1360. The van der Waals surface area contributed by atoms with Crippen LogP contribution in [0.3, 0.4) is 0 Å². The Labute approximate surface area is 293 Å². The molecule has 0 heterocycles. The quantitative estimate of drug-likeness (QED) is 0.0658. The van der Waals surface area contributed by atoms with E-state index in [4.69, 9.17) is 19.3 Å². The largest absolute Gasteiger partial charge is 0.460 e. The van der Waals surface area contributed by atoms with Crippen molar-refractivity contribution in [3.8, 4) is 0 Å². The van der Waals surface area contributed by atoms with Crippen LogP contribution in [0.15, 0.2) is 0 Å². The minimum atomic E-state index is -8.04. The fraction of sp³-hybridized carbons (Fsp3) is 1.00. The molecule has 0 rings (SSSR count). The van der Waals surface area contributed by atoms with Gasteiger partial charge in [0.1, 0.15) is 0 Å². The average molecular weight is 946 g/mol. The summed E-state index contributed by atoms with van der Waals surface area (Å²) in [5.74, 6) is -80.7. The summed E-state index contributed by atoms with van der Waals surface area (Å²) in [5, 5.41) is 16.2. The second-order valence-electron chi connectivity index (χ2n) is 10.2. The molecule has 0 aromatic rings. The van der Waals surface area contributed by atoms with Gasteiger partial charge in [-0.15, -0.1) is 0 Å². The third kappa shape index (κ3) is 12.2. The zero-order chi connectivity index (χ0) is 46.7. The fourth-order valence-corrected chi connectivity index (χ4v) is 3.68. The van der Waals surface area contributed by atoms with Gasteiger partial charge in [-0.05, 0) is 12.8 Å². The van der Waals surface area contributed by atoms with Crippen molar-refractivity contribution in [3.63, 3.8) is 0 Å². The van der Waals surface area contributed by atoms with Crippen molar-refractivity contribution in [2.45, 2.75) is 97.3 Å². The first kappa shape index (κ1) is 58.2. The maximum atomic E-state index is 13.0. The molecule has 0 unspecified atom stereocenters. The van der Waals surface area contributed by atoms with E-state index in [9.17, 15) is 131 Å². The minimum Gasteiger partial charge on any atom is -0.396 e. The summed E-state index contributed by atoms with van der Waals surface area (Å²) in [6.45, 7) is 0.390. The highest BCUT2D eigenvalue weighted by Gasteiger charge is 2.92. The molecule has 342 valence electrons. The van der Waals surface area contributed by atoms with Gasteiger partial charge in [0.15, 0.2) is 0 Å². The standard InChI is InChI=1S/2C8H5F13O3S.C4H10O2/c2*9-3(10,1-2-25(22,23)24)4(11,12)5(13,14)6(15,16)7(17,18)8(19,20)21;5-3-1-2-4-6/h2*1-2H2,(H,22,23,24);5-6H,1-4H2. The Morgan fingerprint density at radius 2 is 0.500 bits per heavy atom. The van der Waals surface area contributed by atoms with Gasteiger partial charge < -0.3 is 10.2 Å². The Morgan fingerprint density at radius 3 is 0.643 bits per heavy atom. The Morgan fingerprint density at radius 1 is 0.321 bits per heavy atom. The predicted molar refractivity (Wildman–Crippen MR) is 127 cm³/mol. The van der Waals surface area contributed by atoms with Crippen LogP contribution in [0, 0.1) is 0 Å². The Kier molecular flexibility index (Phi) is 18.3. The monoisotopic (exact) mass is 946 g/mol. The third-order valence-electron chi connectivity index (χ3n) is 5.91. The second kappa shape index (κ2) is 17.6. The summed E-state index contributed by atoms with van der Waals surface area (Å²) >= 11 is 0. The van der Waals surface area contributed by atoms with E-state index < -0.39 is 116 Å². The molecule has 0 spiro atoms. The van der Waals surface area contributed by atoms with Gasteiger partial charge in [-0.1, -0.05) is 0 Å². The van der Waals surface area contributed by atoms with E-state index in [2.05, 4.69) is 0 Å². The lowest BCUT2D eigenvalue weighted by Gasteiger charge is -2.39. The third-order valence-corrected chi connectivity index (χ3v) is 7.35. The van der Waals surface area contributed by atoms with Crippen LogP contribution in [0.5, 0.6) is 0 Å². The predicted octanol–water partition coefficient (Wildman–Crippen LogP) is 7.76. The molecule has 0 aromatic heterocycles. The molecule has 56 heavy (non-hydrogen) atoms. The summed E-state index contributed by atoms with van der Waals surface area (Å²) in [7, 11) is -11.0. The average Bonchev–Trinajstić information content (AvgIpc) is 2.96. The van der Waals surface area contributed by atoms with Gasteiger partial charge in [-0.3, -0.25) is 9.11 Å². The number of unbranched alkanes of at least 4 members (excludes halogenated alkanes) is 1. The molecule has 0 saturated heterocycles. The molecule has 0 aliphatic rings. The summed E-state index contributed by atoms with van der Waals surface area (Å²) in [5.41, 5.74) is 0. The van der Waals surface area contributed by atoms with Gasteiger partial charge in [-0.2, -0.15) is 131 Å². The number of alkyl halides is 26. The van der Waals surface area contributed by atoms with E-state index >= 15 is 0 Å². The summed E-state index contributed by atoms with van der Waals surface area (Å²) < 4.78 is 384. The van der Waals surface area contributed by atoms with Gasteiger partial charge in [0, 0.05) is 26.1 Å². The topological polar surface area (TPSA) is 149 Å². The summed E-state index contributed by atoms with van der Waals surface area (Å²) in [6, 6.07) is 0. The maximum absolute atomic E-state index is 13.0. The number of rotatable bonds is 17. The maximum Gasteiger partial charge on any atom is 0.460 e. The zero-order valence-electron chi connectivity index (χ0n) is 25.7. The first-order valence-corrected chi connectivity index (χ1v) is 16.1. The van der Waals surface area contributed by atoms with Gasteiger partial charge in [0.05, 0.1) is 11.5 Å². The van der Waals surface area contributed by atoms with Crippen molar-refractivity contribution in [2.24, 2.45) is 0 Å². The number of aliphatic hydroxyl groups is 2. The molecular formula is C20H20F26O8S2. The van der Waals surface area contributed by atoms with Crippen LogP contribution < -0.4 is 0 Å². The molecule has 0 radical (unpaired) electrons. The van der Waals surface area contributed by atoms with E-state index in [-0.39, 0.29) is 13.2 Å². The number of hydrogen-bond donors (Lipinski definition) is 4. The van der Waals surface area contributed by atoms with Crippen molar-refractivity contribution in [1.29, 1.82) is 0 Å². The van der Waals surface area contributed by atoms with Crippen LogP contribution in [0.2, 0.25) is 0 Å². The molecule has 0 aliphatic heterocycles. The highest BCUT2D eigenvalue weighted by atomic mass is 32.2. The van der Waals surface area contributed by atoms with Crippen molar-refractivity contribution in [2.75, 3.05) is 24.7 Å². The van der Waals surface area contributed by atoms with Crippen LogP contribution >= 0.6 is 0 Å². The molecule has 8 nitrogen and oxygen atoms in total. The van der Waals surface area contributed by atoms with Gasteiger partial charge in [-0.25, -0.2) is 0 Å². The first-order chi connectivity index (χ1) is 23.8. The van der Waals surface area contributed by atoms with Crippen LogP contribution in [0.25, 0.3) is 0 Å². The lowest BCUT2D eigenvalue weighted by atomic mass is 9.93. The smallest absolute Gasteiger partial charge is 0.396 e. The van der Waals surface area contributed by atoms with Crippen molar-refractivity contribution >= 4 is 20.2 Å². The van der Waals surface area contributed by atoms with E-state index in [1.807, 2.05) is 0 Å².